The van der Waals surface area contributed by atoms with Gasteiger partial charge in [0, 0.05) is 12.2 Å². The number of rotatable bonds is 5. The van der Waals surface area contributed by atoms with E-state index in [1.165, 1.54) is 17.3 Å². The monoisotopic (exact) mass is 409 g/mol. The van der Waals surface area contributed by atoms with Crippen molar-refractivity contribution in [3.8, 4) is 0 Å². The summed E-state index contributed by atoms with van der Waals surface area (Å²) in [6.45, 7) is 10.7. The van der Waals surface area contributed by atoms with E-state index in [1.54, 1.807) is 10.6 Å². The van der Waals surface area contributed by atoms with Crippen LogP contribution in [0, 0.1) is 0 Å². The van der Waals surface area contributed by atoms with Crippen molar-refractivity contribution in [3.05, 3.63) is 64.4 Å². The highest BCUT2D eigenvalue weighted by Gasteiger charge is 2.19. The topological polar surface area (TPSA) is 64.0 Å². The zero-order valence-corrected chi connectivity index (χ0v) is 18.3. The van der Waals surface area contributed by atoms with E-state index in [1.807, 2.05) is 56.3 Å². The van der Waals surface area contributed by atoms with Crippen LogP contribution in [0.4, 0.5) is 5.69 Å². The lowest BCUT2D eigenvalue weighted by Crippen LogP contribution is -2.26. The molecule has 0 saturated heterocycles. The number of anilines is 1. The Morgan fingerprint density at radius 3 is 2.41 bits per heavy atom. The number of hydrogen-bond donors (Lipinski definition) is 1. The minimum Gasteiger partial charge on any atom is -0.325 e. The number of carbonyl (C=O) groups excluding carboxylic acids is 1. The summed E-state index contributed by atoms with van der Waals surface area (Å²) in [5.74, 6) is -0.122. The van der Waals surface area contributed by atoms with Crippen LogP contribution in [-0.2, 0) is 16.8 Å². The summed E-state index contributed by atoms with van der Waals surface area (Å²) < 4.78 is 1.62. The Morgan fingerprint density at radius 1 is 1.14 bits per heavy atom. The minimum absolute atomic E-state index is 0.0667. The molecule has 1 unspecified atom stereocenters. The first-order valence-electron chi connectivity index (χ1n) is 9.78. The van der Waals surface area contributed by atoms with E-state index in [-0.39, 0.29) is 16.9 Å². The fraction of sp³-hybridized carbons (Fsp3) is 0.348. The number of carbonyl (C=O) groups is 1. The van der Waals surface area contributed by atoms with Crippen molar-refractivity contribution in [3.63, 3.8) is 0 Å². The Balaban J connectivity index is 1.78. The number of nitrogens with zero attached hydrogens (tertiary/aromatic N) is 2. The molecule has 1 atom stereocenters. The first-order valence-corrected chi connectivity index (χ1v) is 10.7. The molecule has 0 fully saturated rings. The van der Waals surface area contributed by atoms with Crippen LogP contribution in [0.2, 0.25) is 0 Å². The molecule has 0 bridgehead atoms. The molecule has 3 aromatic rings. The molecule has 0 aliphatic carbocycles. The average Bonchev–Trinajstić information content (AvgIpc) is 2.68. The standard InChI is InChI=1S/C23H27N3O2S/c1-6-26-21(28)18-9-7-8-10-19(18)25-22(26)29-15(2)20(27)24-17-13-11-16(12-14-17)23(3,4)5/h7-15H,6H2,1-5H3,(H,24,27). The lowest BCUT2D eigenvalue weighted by molar-refractivity contribution is -0.115. The molecular weight excluding hydrogens is 382 g/mol. The molecule has 1 N–H and O–H groups in total. The smallest absolute Gasteiger partial charge is 0.262 e. The normalized spacial score (nSPS) is 12.7. The van der Waals surface area contributed by atoms with E-state index in [4.69, 9.17) is 0 Å². The SMILES string of the molecule is CCn1c(SC(C)C(=O)Nc2ccc(C(C)(C)C)cc2)nc2ccccc2c1=O. The molecular formula is C23H27N3O2S. The predicted molar refractivity (Wildman–Crippen MR) is 121 cm³/mol. The summed E-state index contributed by atoms with van der Waals surface area (Å²) in [5.41, 5.74) is 2.61. The third-order valence-corrected chi connectivity index (χ3v) is 5.90. The van der Waals surface area contributed by atoms with E-state index in [9.17, 15) is 9.59 Å². The lowest BCUT2D eigenvalue weighted by Gasteiger charge is -2.19. The molecule has 152 valence electrons. The third kappa shape index (κ3) is 4.70. The van der Waals surface area contributed by atoms with Gasteiger partial charge in [-0.05, 0) is 49.1 Å². The van der Waals surface area contributed by atoms with Gasteiger partial charge in [-0.2, -0.15) is 0 Å². The van der Waals surface area contributed by atoms with Gasteiger partial charge in [0.25, 0.3) is 5.56 Å². The maximum atomic E-state index is 12.7. The lowest BCUT2D eigenvalue weighted by atomic mass is 9.87. The second kappa shape index (κ2) is 8.41. The number of aromatic nitrogens is 2. The van der Waals surface area contributed by atoms with Crippen molar-refractivity contribution in [2.24, 2.45) is 0 Å². The second-order valence-corrected chi connectivity index (χ2v) is 9.35. The van der Waals surface area contributed by atoms with E-state index < -0.39 is 5.25 Å². The van der Waals surface area contributed by atoms with Gasteiger partial charge in [0.1, 0.15) is 0 Å². The van der Waals surface area contributed by atoms with Crippen LogP contribution in [0.5, 0.6) is 0 Å². The molecule has 3 rings (SSSR count). The number of benzene rings is 2. The van der Waals surface area contributed by atoms with Crippen molar-refractivity contribution in [1.29, 1.82) is 0 Å². The average molecular weight is 410 g/mol. The molecule has 6 heteroatoms. The van der Waals surface area contributed by atoms with Crippen LogP contribution in [0.15, 0.2) is 58.5 Å². The van der Waals surface area contributed by atoms with Crippen molar-refractivity contribution in [1.82, 2.24) is 9.55 Å². The summed E-state index contributed by atoms with van der Waals surface area (Å²) in [6.07, 6.45) is 0. The van der Waals surface area contributed by atoms with Crippen LogP contribution in [0.25, 0.3) is 10.9 Å². The fourth-order valence-electron chi connectivity index (χ4n) is 3.03. The number of nitrogens with one attached hydrogen (secondary N) is 1. The van der Waals surface area contributed by atoms with E-state index in [0.29, 0.717) is 22.6 Å². The maximum absolute atomic E-state index is 12.7. The van der Waals surface area contributed by atoms with Gasteiger partial charge in [-0.15, -0.1) is 0 Å². The van der Waals surface area contributed by atoms with Crippen molar-refractivity contribution in [2.75, 3.05) is 5.32 Å². The second-order valence-electron chi connectivity index (χ2n) is 8.04. The van der Waals surface area contributed by atoms with Gasteiger partial charge in [-0.25, -0.2) is 4.98 Å². The molecule has 1 heterocycles. The molecule has 0 aliphatic rings. The number of thioether (sulfide) groups is 1. The summed E-state index contributed by atoms with van der Waals surface area (Å²) in [6, 6.07) is 15.2. The summed E-state index contributed by atoms with van der Waals surface area (Å²) in [4.78, 5) is 30.1. The van der Waals surface area contributed by atoms with Gasteiger partial charge in [-0.3, -0.25) is 14.2 Å². The molecule has 0 radical (unpaired) electrons. The van der Waals surface area contributed by atoms with E-state index in [0.717, 1.165) is 5.69 Å². The van der Waals surface area contributed by atoms with Gasteiger partial charge in [0.15, 0.2) is 5.16 Å². The number of para-hydroxylation sites is 1. The highest BCUT2D eigenvalue weighted by Crippen LogP contribution is 2.25. The highest BCUT2D eigenvalue weighted by molar-refractivity contribution is 8.00. The van der Waals surface area contributed by atoms with Crippen LogP contribution >= 0.6 is 11.8 Å². The van der Waals surface area contributed by atoms with Crippen LogP contribution in [0.3, 0.4) is 0 Å². The van der Waals surface area contributed by atoms with Crippen LogP contribution in [0.1, 0.15) is 40.2 Å². The molecule has 1 amide bonds. The summed E-state index contributed by atoms with van der Waals surface area (Å²) in [5, 5.41) is 3.70. The van der Waals surface area contributed by atoms with Gasteiger partial charge in [0.05, 0.1) is 16.2 Å². The molecule has 29 heavy (non-hydrogen) atoms. The van der Waals surface area contributed by atoms with Crippen LogP contribution < -0.4 is 10.9 Å². The number of amides is 1. The van der Waals surface area contributed by atoms with Gasteiger partial charge in [0.2, 0.25) is 5.91 Å². The fourth-order valence-corrected chi connectivity index (χ4v) is 4.00. The molecule has 0 spiro atoms. The number of hydrogen-bond acceptors (Lipinski definition) is 4. The molecule has 0 saturated carbocycles. The van der Waals surface area contributed by atoms with Crippen molar-refractivity contribution < 1.29 is 4.79 Å². The number of fused-ring (bicyclic) bond motifs is 1. The quantitative estimate of drug-likeness (QED) is 0.484. The third-order valence-electron chi connectivity index (χ3n) is 4.81. The maximum Gasteiger partial charge on any atom is 0.262 e. The largest absolute Gasteiger partial charge is 0.325 e. The van der Waals surface area contributed by atoms with Gasteiger partial charge >= 0.3 is 0 Å². The Hall–Kier alpha value is -2.60. The summed E-state index contributed by atoms with van der Waals surface area (Å²) >= 11 is 1.30. The first kappa shape index (κ1) is 21.1. The molecule has 2 aromatic carbocycles. The van der Waals surface area contributed by atoms with E-state index >= 15 is 0 Å². The van der Waals surface area contributed by atoms with E-state index in [2.05, 4.69) is 31.1 Å². The molecule has 5 nitrogen and oxygen atoms in total. The Labute approximate surface area is 175 Å². The Bertz CT molecular complexity index is 1080. The van der Waals surface area contributed by atoms with Gasteiger partial charge in [-0.1, -0.05) is 56.8 Å². The van der Waals surface area contributed by atoms with Crippen molar-refractivity contribution >= 4 is 34.3 Å². The van der Waals surface area contributed by atoms with Crippen molar-refractivity contribution in [2.45, 2.75) is 57.0 Å². The minimum atomic E-state index is -0.400. The Morgan fingerprint density at radius 2 is 1.79 bits per heavy atom. The highest BCUT2D eigenvalue weighted by atomic mass is 32.2. The summed E-state index contributed by atoms with van der Waals surface area (Å²) in [7, 11) is 0. The predicted octanol–water partition coefficient (Wildman–Crippen LogP) is 4.83. The molecule has 0 aliphatic heterocycles. The zero-order chi connectivity index (χ0) is 21.2. The zero-order valence-electron chi connectivity index (χ0n) is 17.5. The Kier molecular flexibility index (Phi) is 6.13. The first-order chi connectivity index (χ1) is 13.7. The van der Waals surface area contributed by atoms with Crippen LogP contribution in [-0.4, -0.2) is 20.7 Å². The molecule has 1 aromatic heterocycles. The van der Waals surface area contributed by atoms with Gasteiger partial charge < -0.3 is 5.32 Å².